The molecule has 2 aliphatic rings. The highest BCUT2D eigenvalue weighted by atomic mass is 16.2. The van der Waals surface area contributed by atoms with Crippen LogP contribution >= 0.6 is 0 Å². The summed E-state index contributed by atoms with van der Waals surface area (Å²) in [6, 6.07) is 0. The molecule has 0 bridgehead atoms. The number of nitrogens with zero attached hydrogens (tertiary/aromatic N) is 2. The first-order chi connectivity index (χ1) is 8.72. The Bertz CT molecular complexity index is 513. The Labute approximate surface area is 114 Å². The van der Waals surface area contributed by atoms with Crippen molar-refractivity contribution in [2.24, 2.45) is 16.7 Å². The number of likely N-dealkylation sites (tertiary alicyclic amines) is 1. The predicted molar refractivity (Wildman–Crippen MR) is 71.9 cm³/mol. The lowest BCUT2D eigenvalue weighted by atomic mass is 9.55. The van der Waals surface area contributed by atoms with E-state index < -0.39 is 5.41 Å². The minimum absolute atomic E-state index is 0.0544. The summed E-state index contributed by atoms with van der Waals surface area (Å²) >= 11 is 0. The highest BCUT2D eigenvalue weighted by Crippen LogP contribution is 2.52. The van der Waals surface area contributed by atoms with Gasteiger partial charge in [-0.05, 0) is 17.8 Å². The van der Waals surface area contributed by atoms with Gasteiger partial charge in [0.1, 0.15) is 0 Å². The second kappa shape index (κ2) is 4.19. The molecule has 2 atom stereocenters. The second-order valence-corrected chi connectivity index (χ2v) is 6.48. The van der Waals surface area contributed by atoms with E-state index in [0.29, 0.717) is 13.1 Å². The maximum atomic E-state index is 12.3. The number of hydrogen-bond acceptors (Lipinski definition) is 2. The number of allylic oxidation sites excluding steroid dienone is 1. The van der Waals surface area contributed by atoms with Crippen LogP contribution < -0.4 is 0 Å². The number of fused-ring (bicyclic) bond motifs is 1. The van der Waals surface area contributed by atoms with Crippen molar-refractivity contribution < 1.29 is 9.59 Å². The van der Waals surface area contributed by atoms with E-state index in [1.54, 1.807) is 13.0 Å². The number of piperidine rings is 1. The van der Waals surface area contributed by atoms with Gasteiger partial charge in [0.25, 0.3) is 0 Å². The molecule has 102 valence electrons. The van der Waals surface area contributed by atoms with Gasteiger partial charge in [-0.15, -0.1) is 0 Å². The molecule has 0 N–H and O–H groups in total. The Balaban J connectivity index is 2.47. The molecule has 0 aromatic rings. The molecule has 0 aromatic heterocycles. The van der Waals surface area contributed by atoms with Crippen LogP contribution in [0.5, 0.6) is 0 Å². The zero-order chi connectivity index (χ0) is 14.4. The number of amides is 1. The minimum Gasteiger partial charge on any atom is -0.342 e. The first-order valence-corrected chi connectivity index (χ1v) is 6.63. The average molecular weight is 260 g/mol. The van der Waals surface area contributed by atoms with E-state index >= 15 is 0 Å². The van der Waals surface area contributed by atoms with Crippen LogP contribution in [0.1, 0.15) is 34.1 Å². The Morgan fingerprint density at radius 3 is 2.63 bits per heavy atom. The van der Waals surface area contributed by atoms with Gasteiger partial charge in [-0.1, -0.05) is 26.8 Å². The van der Waals surface area contributed by atoms with Crippen LogP contribution in [-0.4, -0.2) is 29.7 Å². The summed E-state index contributed by atoms with van der Waals surface area (Å²) in [7, 11) is 0. The smallest absolute Gasteiger partial charge is 0.226 e. The molecule has 4 nitrogen and oxygen atoms in total. The lowest BCUT2D eigenvalue weighted by Crippen LogP contribution is -2.56. The molecule has 1 aliphatic heterocycles. The van der Waals surface area contributed by atoms with Crippen molar-refractivity contribution in [1.82, 2.24) is 4.90 Å². The van der Waals surface area contributed by atoms with Crippen LogP contribution in [0.4, 0.5) is 0 Å². The van der Waals surface area contributed by atoms with E-state index in [1.807, 2.05) is 18.7 Å². The molecular formula is C15H20N2O2. The van der Waals surface area contributed by atoms with E-state index in [4.69, 9.17) is 6.57 Å². The van der Waals surface area contributed by atoms with Crippen LogP contribution in [-0.2, 0) is 9.59 Å². The van der Waals surface area contributed by atoms with Crippen molar-refractivity contribution in [1.29, 1.82) is 0 Å². The maximum Gasteiger partial charge on any atom is 0.226 e. The number of ketones is 1. The topological polar surface area (TPSA) is 41.7 Å². The Kier molecular flexibility index (Phi) is 3.04. The van der Waals surface area contributed by atoms with Gasteiger partial charge in [-0.25, -0.2) is 4.85 Å². The number of hydrogen-bond donors (Lipinski definition) is 0. The fraction of sp³-hybridized carbons (Fsp3) is 0.667. The molecule has 1 amide bonds. The van der Waals surface area contributed by atoms with Crippen LogP contribution in [0, 0.1) is 23.3 Å². The molecule has 19 heavy (non-hydrogen) atoms. The van der Waals surface area contributed by atoms with Crippen molar-refractivity contribution >= 4 is 11.7 Å². The standard InChI is InChI=1S/C15H20N2O2/c1-10(18)17-7-6-12-14(2,3)13(19)11(16-5)8-15(12,4)9-17/h8,12H,6-7,9H2,1-4H3/t12-,15+/m0/s1. The lowest BCUT2D eigenvalue weighted by Gasteiger charge is -2.53. The molecule has 0 spiro atoms. The quantitative estimate of drug-likeness (QED) is 0.627. The van der Waals surface area contributed by atoms with Crippen molar-refractivity contribution in [3.63, 3.8) is 0 Å². The van der Waals surface area contributed by atoms with Gasteiger partial charge in [0.15, 0.2) is 5.78 Å². The number of carbonyl (C=O) groups is 2. The summed E-state index contributed by atoms with van der Waals surface area (Å²) in [6.45, 7) is 16.0. The summed E-state index contributed by atoms with van der Waals surface area (Å²) in [4.78, 5) is 29.1. The molecule has 1 heterocycles. The zero-order valence-electron chi connectivity index (χ0n) is 12.0. The molecule has 2 rings (SSSR count). The third kappa shape index (κ3) is 1.98. The monoisotopic (exact) mass is 260 g/mol. The first-order valence-electron chi connectivity index (χ1n) is 6.63. The Morgan fingerprint density at radius 1 is 1.47 bits per heavy atom. The molecular weight excluding hydrogens is 240 g/mol. The fourth-order valence-electron chi connectivity index (χ4n) is 3.76. The summed E-state index contributed by atoms with van der Waals surface area (Å²) in [5.41, 5.74) is -0.567. The minimum atomic E-state index is -0.522. The maximum absolute atomic E-state index is 12.3. The van der Waals surface area contributed by atoms with Crippen LogP contribution in [0.25, 0.3) is 4.85 Å². The van der Waals surface area contributed by atoms with Gasteiger partial charge >= 0.3 is 0 Å². The molecule has 4 heteroatoms. The Morgan fingerprint density at radius 2 is 2.11 bits per heavy atom. The molecule has 1 aliphatic carbocycles. The van der Waals surface area contributed by atoms with Gasteiger partial charge in [0, 0.05) is 25.4 Å². The first kappa shape index (κ1) is 13.8. The normalized spacial score (nSPS) is 33.2. The van der Waals surface area contributed by atoms with Crippen molar-refractivity contribution in [3.8, 4) is 0 Å². The van der Waals surface area contributed by atoms with Gasteiger partial charge in [0.05, 0.1) is 6.57 Å². The average Bonchev–Trinajstić information content (AvgIpc) is 2.33. The summed E-state index contributed by atoms with van der Waals surface area (Å²) < 4.78 is 0. The van der Waals surface area contributed by atoms with E-state index in [2.05, 4.69) is 11.8 Å². The van der Waals surface area contributed by atoms with Gasteiger partial charge < -0.3 is 9.69 Å². The predicted octanol–water partition coefficient (Wildman–Crippen LogP) is 2.27. The highest BCUT2D eigenvalue weighted by Gasteiger charge is 2.53. The van der Waals surface area contributed by atoms with E-state index in [9.17, 15) is 9.59 Å². The van der Waals surface area contributed by atoms with Crippen molar-refractivity contribution in [3.05, 3.63) is 23.2 Å². The summed E-state index contributed by atoms with van der Waals surface area (Å²) in [6.07, 6.45) is 2.62. The Hall–Kier alpha value is -1.63. The summed E-state index contributed by atoms with van der Waals surface area (Å²) in [5, 5.41) is 0. The van der Waals surface area contributed by atoms with Crippen LogP contribution in [0.2, 0.25) is 0 Å². The van der Waals surface area contributed by atoms with E-state index in [0.717, 1.165) is 6.42 Å². The molecule has 0 aromatic carbocycles. The third-order valence-electron chi connectivity index (χ3n) is 4.74. The molecule has 1 fully saturated rings. The van der Waals surface area contributed by atoms with Crippen LogP contribution in [0.3, 0.4) is 0 Å². The van der Waals surface area contributed by atoms with E-state index in [1.165, 1.54) is 0 Å². The van der Waals surface area contributed by atoms with Crippen molar-refractivity contribution in [2.75, 3.05) is 13.1 Å². The number of carbonyl (C=O) groups excluding carboxylic acids is 2. The fourth-order valence-corrected chi connectivity index (χ4v) is 3.76. The second-order valence-electron chi connectivity index (χ2n) is 6.48. The number of rotatable bonds is 0. The zero-order valence-corrected chi connectivity index (χ0v) is 12.0. The molecule has 0 saturated carbocycles. The van der Waals surface area contributed by atoms with Gasteiger partial charge in [-0.3, -0.25) is 4.79 Å². The van der Waals surface area contributed by atoms with Crippen molar-refractivity contribution in [2.45, 2.75) is 34.1 Å². The summed E-state index contributed by atoms with van der Waals surface area (Å²) in [5.74, 6) is 0.196. The number of Topliss-reactive ketones (excluding diaryl/α,β-unsaturated/α-hetero) is 1. The van der Waals surface area contributed by atoms with Gasteiger partial charge in [0.2, 0.25) is 11.6 Å². The van der Waals surface area contributed by atoms with E-state index in [-0.39, 0.29) is 28.7 Å². The third-order valence-corrected chi connectivity index (χ3v) is 4.74. The van der Waals surface area contributed by atoms with Crippen LogP contribution in [0.15, 0.2) is 11.8 Å². The molecule has 0 unspecified atom stereocenters. The SMILES string of the molecule is [C-]#[N+]C1=C[C@]2(C)CN(C(C)=O)CC[C@H]2C(C)(C)C1=O. The molecule has 1 saturated heterocycles. The highest BCUT2D eigenvalue weighted by molar-refractivity contribution is 6.02. The van der Waals surface area contributed by atoms with Gasteiger partial charge in [-0.2, -0.15) is 0 Å². The molecule has 0 radical (unpaired) electrons. The lowest BCUT2D eigenvalue weighted by molar-refractivity contribution is -0.139. The largest absolute Gasteiger partial charge is 0.342 e.